The molecule has 1 aliphatic rings. The fraction of sp³-hybridized carbons (Fsp3) is 0.400. The number of aromatic nitrogens is 1. The van der Waals surface area contributed by atoms with Gasteiger partial charge in [0.25, 0.3) is 0 Å². The summed E-state index contributed by atoms with van der Waals surface area (Å²) < 4.78 is 0. The summed E-state index contributed by atoms with van der Waals surface area (Å²) in [6.45, 7) is 2.30. The zero-order valence-corrected chi connectivity index (χ0v) is 11.3. The van der Waals surface area contributed by atoms with Gasteiger partial charge in [-0.25, -0.2) is 0 Å². The van der Waals surface area contributed by atoms with Crippen LogP contribution in [0.15, 0.2) is 30.5 Å². The quantitative estimate of drug-likeness (QED) is 0.810. The fourth-order valence-corrected chi connectivity index (χ4v) is 2.68. The van der Waals surface area contributed by atoms with Crippen LogP contribution in [0.1, 0.15) is 12.8 Å². The highest BCUT2D eigenvalue weighted by Crippen LogP contribution is 2.27. The molecule has 0 unspecified atom stereocenters. The van der Waals surface area contributed by atoms with Crippen LogP contribution in [0.5, 0.6) is 0 Å². The maximum atomic E-state index is 6.00. The van der Waals surface area contributed by atoms with E-state index in [-0.39, 0.29) is 0 Å². The molecule has 4 heteroatoms. The molecule has 1 aliphatic heterocycles. The summed E-state index contributed by atoms with van der Waals surface area (Å²) in [5, 5.41) is 4.66. The molecule has 0 bridgehead atoms. The predicted octanol–water partition coefficient (Wildman–Crippen LogP) is 2.32. The van der Waals surface area contributed by atoms with Crippen LogP contribution < -0.4 is 11.1 Å². The van der Waals surface area contributed by atoms with E-state index in [0.717, 1.165) is 35.4 Å². The monoisotopic (exact) mass is 256 g/mol. The van der Waals surface area contributed by atoms with Crippen LogP contribution in [0.2, 0.25) is 0 Å². The molecule has 3 rings (SSSR count). The average Bonchev–Trinajstić information content (AvgIpc) is 2.45. The first-order chi connectivity index (χ1) is 9.24. The Hall–Kier alpha value is -1.81. The lowest BCUT2D eigenvalue weighted by molar-refractivity contribution is 0.264. The van der Waals surface area contributed by atoms with E-state index in [1.54, 1.807) is 0 Å². The number of piperidine rings is 1. The van der Waals surface area contributed by atoms with Gasteiger partial charge >= 0.3 is 0 Å². The first-order valence-corrected chi connectivity index (χ1v) is 6.82. The Labute approximate surface area is 113 Å². The Morgan fingerprint density at radius 3 is 2.84 bits per heavy atom. The Balaban J connectivity index is 1.87. The van der Waals surface area contributed by atoms with E-state index in [0.29, 0.717) is 6.04 Å². The molecular formula is C15H20N4. The van der Waals surface area contributed by atoms with Gasteiger partial charge in [-0.1, -0.05) is 0 Å². The summed E-state index contributed by atoms with van der Waals surface area (Å²) in [5.74, 6) is 0. The second-order valence-electron chi connectivity index (χ2n) is 5.32. The van der Waals surface area contributed by atoms with E-state index in [1.165, 1.54) is 12.8 Å². The van der Waals surface area contributed by atoms with Crippen LogP contribution in [0.25, 0.3) is 10.9 Å². The highest BCUT2D eigenvalue weighted by Gasteiger charge is 2.17. The lowest BCUT2D eigenvalue weighted by Crippen LogP contribution is -2.36. The number of benzene rings is 1. The van der Waals surface area contributed by atoms with Crippen molar-refractivity contribution in [2.24, 2.45) is 0 Å². The van der Waals surface area contributed by atoms with Crippen molar-refractivity contribution in [3.8, 4) is 0 Å². The Morgan fingerprint density at radius 1 is 1.26 bits per heavy atom. The zero-order chi connectivity index (χ0) is 13.2. The molecule has 0 aliphatic carbocycles. The molecule has 1 saturated heterocycles. The minimum Gasteiger partial charge on any atom is -0.398 e. The summed E-state index contributed by atoms with van der Waals surface area (Å²) in [6.07, 6.45) is 4.17. The minimum atomic E-state index is 0.532. The van der Waals surface area contributed by atoms with Gasteiger partial charge in [-0.2, -0.15) is 0 Å². The fourth-order valence-electron chi connectivity index (χ4n) is 2.68. The number of nitrogens with two attached hydrogens (primary N) is 1. The standard InChI is InChI=1S/C15H20N4/c1-19-9-6-11(7-10-19)18-14-5-4-13(16)12-3-2-8-17-15(12)14/h2-5,8,11,18H,6-7,9-10,16H2,1H3. The van der Waals surface area contributed by atoms with E-state index in [4.69, 9.17) is 5.73 Å². The molecule has 0 atom stereocenters. The van der Waals surface area contributed by atoms with Gasteiger partial charge in [0.15, 0.2) is 0 Å². The first kappa shape index (κ1) is 12.2. The van der Waals surface area contributed by atoms with Crippen LogP contribution in [-0.2, 0) is 0 Å². The molecule has 1 fully saturated rings. The molecule has 3 N–H and O–H groups in total. The van der Waals surface area contributed by atoms with Crippen LogP contribution in [-0.4, -0.2) is 36.1 Å². The molecule has 1 aromatic heterocycles. The lowest BCUT2D eigenvalue weighted by atomic mass is 10.0. The zero-order valence-electron chi connectivity index (χ0n) is 11.3. The number of hydrogen-bond donors (Lipinski definition) is 2. The van der Waals surface area contributed by atoms with E-state index in [2.05, 4.69) is 22.2 Å². The number of likely N-dealkylation sites (tertiary alicyclic amines) is 1. The second kappa shape index (κ2) is 5.05. The van der Waals surface area contributed by atoms with Gasteiger partial charge in [0.05, 0.1) is 11.2 Å². The van der Waals surface area contributed by atoms with Crippen molar-refractivity contribution in [2.75, 3.05) is 31.2 Å². The molecule has 0 radical (unpaired) electrons. The van der Waals surface area contributed by atoms with Gasteiger partial charge < -0.3 is 16.0 Å². The number of nitrogen functional groups attached to an aromatic ring is 1. The number of rotatable bonds is 2. The van der Waals surface area contributed by atoms with E-state index < -0.39 is 0 Å². The summed E-state index contributed by atoms with van der Waals surface area (Å²) in [5.41, 5.74) is 8.86. The first-order valence-electron chi connectivity index (χ1n) is 6.82. The topological polar surface area (TPSA) is 54.2 Å². The maximum Gasteiger partial charge on any atom is 0.0953 e. The summed E-state index contributed by atoms with van der Waals surface area (Å²) in [6, 6.07) is 8.49. The number of anilines is 2. The highest BCUT2D eigenvalue weighted by atomic mass is 15.1. The smallest absolute Gasteiger partial charge is 0.0953 e. The third kappa shape index (κ3) is 2.49. The van der Waals surface area contributed by atoms with Gasteiger partial charge in [-0.05, 0) is 57.2 Å². The van der Waals surface area contributed by atoms with Gasteiger partial charge in [0.2, 0.25) is 0 Å². The van der Waals surface area contributed by atoms with Crippen molar-refractivity contribution in [3.05, 3.63) is 30.5 Å². The summed E-state index contributed by atoms with van der Waals surface area (Å²) in [7, 11) is 2.18. The summed E-state index contributed by atoms with van der Waals surface area (Å²) >= 11 is 0. The number of nitrogens with zero attached hydrogens (tertiary/aromatic N) is 2. The number of hydrogen-bond acceptors (Lipinski definition) is 4. The molecule has 0 amide bonds. The molecule has 100 valence electrons. The van der Waals surface area contributed by atoms with Crippen LogP contribution in [0.3, 0.4) is 0 Å². The normalized spacial score (nSPS) is 17.7. The molecular weight excluding hydrogens is 236 g/mol. The van der Waals surface area contributed by atoms with Gasteiger partial charge in [0, 0.05) is 23.3 Å². The van der Waals surface area contributed by atoms with Crippen LogP contribution in [0.4, 0.5) is 11.4 Å². The van der Waals surface area contributed by atoms with Crippen LogP contribution >= 0.6 is 0 Å². The van der Waals surface area contributed by atoms with Crippen molar-refractivity contribution in [1.82, 2.24) is 9.88 Å². The van der Waals surface area contributed by atoms with E-state index in [1.807, 2.05) is 30.5 Å². The van der Waals surface area contributed by atoms with Gasteiger partial charge in [-0.3, -0.25) is 4.98 Å². The molecule has 2 aromatic rings. The highest BCUT2D eigenvalue weighted by molar-refractivity contribution is 5.98. The molecule has 4 nitrogen and oxygen atoms in total. The van der Waals surface area contributed by atoms with Crippen LogP contribution in [0, 0.1) is 0 Å². The Bertz CT molecular complexity index is 573. The third-order valence-electron chi connectivity index (χ3n) is 3.88. The number of fused-ring (bicyclic) bond motifs is 1. The summed E-state index contributed by atoms with van der Waals surface area (Å²) in [4.78, 5) is 6.84. The molecule has 0 spiro atoms. The van der Waals surface area contributed by atoms with Crippen molar-refractivity contribution in [1.29, 1.82) is 0 Å². The predicted molar refractivity (Wildman–Crippen MR) is 80.3 cm³/mol. The second-order valence-corrected chi connectivity index (χ2v) is 5.32. The van der Waals surface area contributed by atoms with Crippen molar-refractivity contribution < 1.29 is 0 Å². The van der Waals surface area contributed by atoms with Crippen molar-refractivity contribution >= 4 is 22.3 Å². The maximum absolute atomic E-state index is 6.00. The number of pyridine rings is 1. The molecule has 19 heavy (non-hydrogen) atoms. The van der Waals surface area contributed by atoms with Gasteiger partial charge in [-0.15, -0.1) is 0 Å². The number of nitrogens with one attached hydrogen (secondary N) is 1. The van der Waals surface area contributed by atoms with Crippen molar-refractivity contribution in [3.63, 3.8) is 0 Å². The largest absolute Gasteiger partial charge is 0.398 e. The Kier molecular flexibility index (Phi) is 3.25. The Morgan fingerprint density at radius 2 is 2.05 bits per heavy atom. The average molecular weight is 256 g/mol. The molecule has 0 saturated carbocycles. The molecule has 2 heterocycles. The van der Waals surface area contributed by atoms with E-state index >= 15 is 0 Å². The lowest BCUT2D eigenvalue weighted by Gasteiger charge is -2.30. The van der Waals surface area contributed by atoms with Gasteiger partial charge in [0.1, 0.15) is 0 Å². The minimum absolute atomic E-state index is 0.532. The van der Waals surface area contributed by atoms with Crippen molar-refractivity contribution in [2.45, 2.75) is 18.9 Å². The van der Waals surface area contributed by atoms with E-state index in [9.17, 15) is 0 Å². The third-order valence-corrected chi connectivity index (χ3v) is 3.88. The SMILES string of the molecule is CN1CCC(Nc2ccc(N)c3cccnc23)CC1. The molecule has 1 aromatic carbocycles.